The SMILES string of the molecule is CC1=NN/C(=N\S(=O)(=O)c2ccc3cc[nH]c3c2)S1(Cc1ccccc1)C1(C)CC1. The highest BCUT2D eigenvalue weighted by molar-refractivity contribution is 8.56. The van der Waals surface area contributed by atoms with Crippen LogP contribution in [0.25, 0.3) is 10.9 Å². The van der Waals surface area contributed by atoms with Gasteiger partial charge in [0.1, 0.15) is 0 Å². The zero-order valence-corrected chi connectivity index (χ0v) is 18.6. The monoisotopic (exact) mass is 440 g/mol. The second-order valence-corrected chi connectivity index (χ2v) is 13.5. The van der Waals surface area contributed by atoms with Crippen molar-refractivity contribution in [3.8, 4) is 0 Å². The third-order valence-corrected chi connectivity index (χ3v) is 12.4. The van der Waals surface area contributed by atoms with Crippen LogP contribution in [0.5, 0.6) is 0 Å². The lowest BCUT2D eigenvalue weighted by Crippen LogP contribution is -2.32. The number of rotatable bonds is 5. The molecule has 8 heteroatoms. The Morgan fingerprint density at radius 3 is 2.63 bits per heavy atom. The molecule has 1 aliphatic carbocycles. The number of hydrogen-bond acceptors (Lipinski definition) is 3. The lowest BCUT2D eigenvalue weighted by Gasteiger charge is -2.41. The predicted octanol–water partition coefficient (Wildman–Crippen LogP) is 4.71. The maximum Gasteiger partial charge on any atom is 0.284 e. The number of aromatic amines is 1. The van der Waals surface area contributed by atoms with E-state index in [1.54, 1.807) is 24.4 Å². The molecule has 1 aliphatic heterocycles. The Hall–Kier alpha value is -2.58. The van der Waals surface area contributed by atoms with Crippen LogP contribution >= 0.6 is 10.0 Å². The van der Waals surface area contributed by atoms with Crippen LogP contribution in [0.4, 0.5) is 0 Å². The molecule has 0 spiro atoms. The summed E-state index contributed by atoms with van der Waals surface area (Å²) in [6.45, 7) is 4.25. The van der Waals surface area contributed by atoms with Crippen molar-refractivity contribution in [1.29, 1.82) is 0 Å². The lowest BCUT2D eigenvalue weighted by molar-refractivity contribution is 0.598. The maximum absolute atomic E-state index is 13.3. The Balaban J connectivity index is 1.61. The molecule has 1 unspecified atom stereocenters. The Morgan fingerprint density at radius 2 is 1.90 bits per heavy atom. The Bertz CT molecular complexity index is 1290. The number of nitrogens with zero attached hydrogens (tertiary/aromatic N) is 2. The third kappa shape index (κ3) is 2.97. The number of H-pyrrole nitrogens is 1. The number of amidine groups is 1. The number of hydrogen-bond donors (Lipinski definition) is 2. The smallest absolute Gasteiger partial charge is 0.284 e. The molecular formula is C22H24N4O2S2. The van der Waals surface area contributed by atoms with E-state index in [4.69, 9.17) is 0 Å². The number of hydrazone groups is 1. The highest BCUT2D eigenvalue weighted by Gasteiger charge is 2.59. The molecule has 3 aromatic rings. The van der Waals surface area contributed by atoms with Gasteiger partial charge in [-0.1, -0.05) is 43.3 Å². The highest BCUT2D eigenvalue weighted by Crippen LogP contribution is 2.74. The maximum atomic E-state index is 13.3. The van der Waals surface area contributed by atoms with Crippen LogP contribution in [0.15, 0.2) is 75.2 Å². The fraction of sp³-hybridized carbons (Fsp3) is 0.273. The molecule has 2 N–H and O–H groups in total. The van der Waals surface area contributed by atoms with E-state index in [1.165, 1.54) is 5.56 Å². The summed E-state index contributed by atoms with van der Waals surface area (Å²) >= 11 is 0. The van der Waals surface area contributed by atoms with Gasteiger partial charge in [-0.15, -0.1) is 14.4 Å². The molecule has 2 aliphatic rings. The molecule has 30 heavy (non-hydrogen) atoms. The van der Waals surface area contributed by atoms with Crippen molar-refractivity contribution in [3.63, 3.8) is 0 Å². The number of benzene rings is 2. The van der Waals surface area contributed by atoms with Gasteiger partial charge >= 0.3 is 0 Å². The molecule has 1 fully saturated rings. The Labute approximate surface area is 177 Å². The summed E-state index contributed by atoms with van der Waals surface area (Å²) in [5.74, 6) is 0.747. The Morgan fingerprint density at radius 1 is 1.13 bits per heavy atom. The highest BCUT2D eigenvalue weighted by atomic mass is 32.3. The van der Waals surface area contributed by atoms with Crippen LogP contribution in [0, 0.1) is 0 Å². The molecule has 0 radical (unpaired) electrons. The van der Waals surface area contributed by atoms with Gasteiger partial charge in [0.05, 0.1) is 9.94 Å². The normalized spacial score (nSPS) is 26.2. The lowest BCUT2D eigenvalue weighted by atomic mass is 10.2. The van der Waals surface area contributed by atoms with Crippen molar-refractivity contribution in [2.75, 3.05) is 0 Å². The third-order valence-electron chi connectivity index (χ3n) is 6.19. The molecule has 156 valence electrons. The van der Waals surface area contributed by atoms with Crippen LogP contribution in [0.3, 0.4) is 0 Å². The van der Waals surface area contributed by atoms with E-state index in [1.807, 2.05) is 31.2 Å². The summed E-state index contributed by atoms with van der Waals surface area (Å²) in [6.07, 6.45) is 3.90. The second kappa shape index (κ2) is 6.72. The minimum absolute atomic E-state index is 0.0116. The summed E-state index contributed by atoms with van der Waals surface area (Å²) in [6, 6.07) is 17.2. The molecule has 1 atom stereocenters. The molecule has 5 rings (SSSR count). The summed E-state index contributed by atoms with van der Waals surface area (Å²) in [5, 5.41) is 6.94. The van der Waals surface area contributed by atoms with Crippen molar-refractivity contribution >= 4 is 41.2 Å². The van der Waals surface area contributed by atoms with Gasteiger partial charge in [-0.05, 0) is 48.9 Å². The molecular weight excluding hydrogens is 416 g/mol. The minimum atomic E-state index is -3.88. The standard InChI is InChI=1S/C22H24N4O2S2/c1-16-24-25-21(26-30(27,28)19-9-8-18-10-13-23-20(18)14-19)29(16,22(2)11-12-22)15-17-6-4-3-5-7-17/h3-10,13-14,23H,11-12,15H2,1-2H3,(H,25,26). The van der Waals surface area contributed by atoms with Gasteiger partial charge in [-0.3, -0.25) is 5.43 Å². The van der Waals surface area contributed by atoms with E-state index >= 15 is 0 Å². The van der Waals surface area contributed by atoms with E-state index in [0.29, 0.717) is 5.17 Å². The quantitative estimate of drug-likeness (QED) is 0.602. The number of nitrogens with one attached hydrogen (secondary N) is 2. The summed E-state index contributed by atoms with van der Waals surface area (Å²) in [5.41, 5.74) is 4.97. The zero-order chi connectivity index (χ0) is 21.0. The topological polar surface area (TPSA) is 86.7 Å². The van der Waals surface area contributed by atoms with Gasteiger partial charge in [0.2, 0.25) is 0 Å². The number of aromatic nitrogens is 1. The largest absolute Gasteiger partial charge is 0.361 e. The van der Waals surface area contributed by atoms with Gasteiger partial charge in [0.15, 0.2) is 5.17 Å². The van der Waals surface area contributed by atoms with Crippen LogP contribution in [-0.2, 0) is 15.8 Å². The predicted molar refractivity (Wildman–Crippen MR) is 125 cm³/mol. The first kappa shape index (κ1) is 19.4. The molecule has 1 saturated carbocycles. The van der Waals surface area contributed by atoms with Crippen LogP contribution in [-0.4, -0.2) is 28.4 Å². The van der Waals surface area contributed by atoms with Gasteiger partial charge < -0.3 is 4.98 Å². The molecule has 6 nitrogen and oxygen atoms in total. The molecule has 2 heterocycles. The average molecular weight is 441 g/mol. The molecule has 0 saturated heterocycles. The summed E-state index contributed by atoms with van der Waals surface area (Å²) < 4.78 is 30.9. The Kier molecular flexibility index (Phi) is 4.34. The van der Waals surface area contributed by atoms with Crippen molar-refractivity contribution < 1.29 is 8.42 Å². The van der Waals surface area contributed by atoms with Crippen molar-refractivity contribution in [1.82, 2.24) is 10.4 Å². The van der Waals surface area contributed by atoms with E-state index < -0.39 is 20.1 Å². The number of sulfonamides is 1. The second-order valence-electron chi connectivity index (χ2n) is 8.16. The number of fused-ring (bicyclic) bond motifs is 1. The van der Waals surface area contributed by atoms with Crippen molar-refractivity contribution in [2.45, 2.75) is 42.1 Å². The van der Waals surface area contributed by atoms with Gasteiger partial charge in [-0.2, -0.15) is 13.5 Å². The first-order chi connectivity index (χ1) is 14.3. The summed E-state index contributed by atoms with van der Waals surface area (Å²) in [7, 11) is -5.59. The van der Waals surface area contributed by atoms with Crippen molar-refractivity contribution in [2.24, 2.45) is 9.50 Å². The minimum Gasteiger partial charge on any atom is -0.361 e. The van der Waals surface area contributed by atoms with E-state index in [-0.39, 0.29) is 9.64 Å². The molecule has 0 bridgehead atoms. The van der Waals surface area contributed by atoms with E-state index in [9.17, 15) is 8.42 Å². The fourth-order valence-electron chi connectivity index (χ4n) is 4.14. The van der Waals surface area contributed by atoms with Crippen LogP contribution < -0.4 is 5.43 Å². The summed E-state index contributed by atoms with van der Waals surface area (Å²) in [4.78, 5) is 3.26. The molecule has 2 aromatic carbocycles. The molecule has 0 amide bonds. The first-order valence-corrected chi connectivity index (χ1v) is 13.2. The molecule has 1 aromatic heterocycles. The van der Waals surface area contributed by atoms with E-state index in [0.717, 1.165) is 34.5 Å². The van der Waals surface area contributed by atoms with Crippen molar-refractivity contribution in [3.05, 3.63) is 66.4 Å². The zero-order valence-electron chi connectivity index (χ0n) is 16.9. The van der Waals surface area contributed by atoms with Gasteiger partial charge in [0.25, 0.3) is 10.0 Å². The average Bonchev–Trinajstić information content (AvgIpc) is 3.19. The van der Waals surface area contributed by atoms with E-state index in [2.05, 4.69) is 39.0 Å². The fourth-order valence-corrected chi connectivity index (χ4v) is 9.86. The van der Waals surface area contributed by atoms with Crippen LogP contribution in [0.1, 0.15) is 32.3 Å². The van der Waals surface area contributed by atoms with Crippen LogP contribution in [0.2, 0.25) is 0 Å². The van der Waals surface area contributed by atoms with Gasteiger partial charge in [0, 0.05) is 22.2 Å². The first-order valence-electron chi connectivity index (χ1n) is 9.91. The van der Waals surface area contributed by atoms with Gasteiger partial charge in [-0.25, -0.2) is 0 Å².